The number of hydrogen-bond acceptors (Lipinski definition) is 2. The maximum atomic E-state index is 5.86. The lowest BCUT2D eigenvalue weighted by atomic mass is 10.1. The number of benzene rings is 2. The van der Waals surface area contributed by atoms with Gasteiger partial charge in [0.05, 0.1) is 11.9 Å². The average Bonchev–Trinajstić information content (AvgIpc) is 3.00. The van der Waals surface area contributed by atoms with Gasteiger partial charge in [-0.15, -0.1) is 0 Å². The van der Waals surface area contributed by atoms with Crippen molar-refractivity contribution in [2.45, 2.75) is 6.92 Å². The summed E-state index contributed by atoms with van der Waals surface area (Å²) in [5.41, 5.74) is 4.14. The zero-order valence-corrected chi connectivity index (χ0v) is 11.4. The standard InChI is InChI=1S/C17H14N2O/c1-11-18-10-15(19(11)2)12-7-8-17-14(9-12)13-5-3-4-6-16(13)20-17/h3-10H,1-2H3. The van der Waals surface area contributed by atoms with Crippen molar-refractivity contribution in [3.63, 3.8) is 0 Å². The predicted octanol–water partition coefficient (Wildman–Crippen LogP) is 4.29. The highest BCUT2D eigenvalue weighted by atomic mass is 16.3. The van der Waals surface area contributed by atoms with E-state index in [2.05, 4.69) is 27.8 Å². The summed E-state index contributed by atoms with van der Waals surface area (Å²) < 4.78 is 7.96. The molecule has 0 amide bonds. The summed E-state index contributed by atoms with van der Waals surface area (Å²) in [6.07, 6.45) is 1.92. The fourth-order valence-electron chi connectivity index (χ4n) is 2.66. The Morgan fingerprint density at radius 3 is 2.60 bits per heavy atom. The summed E-state index contributed by atoms with van der Waals surface area (Å²) >= 11 is 0. The van der Waals surface area contributed by atoms with Crippen molar-refractivity contribution in [3.8, 4) is 11.3 Å². The smallest absolute Gasteiger partial charge is 0.135 e. The van der Waals surface area contributed by atoms with E-state index in [4.69, 9.17) is 4.42 Å². The minimum absolute atomic E-state index is 0.925. The number of aromatic nitrogens is 2. The molecule has 0 saturated heterocycles. The first kappa shape index (κ1) is 11.3. The minimum atomic E-state index is 0.925. The zero-order chi connectivity index (χ0) is 13.7. The van der Waals surface area contributed by atoms with Crippen LogP contribution in [0, 0.1) is 6.92 Å². The van der Waals surface area contributed by atoms with Gasteiger partial charge in [0.1, 0.15) is 17.0 Å². The lowest BCUT2D eigenvalue weighted by Crippen LogP contribution is -1.93. The molecule has 2 aromatic carbocycles. The van der Waals surface area contributed by atoms with Gasteiger partial charge in [0.25, 0.3) is 0 Å². The lowest BCUT2D eigenvalue weighted by molar-refractivity contribution is 0.669. The lowest BCUT2D eigenvalue weighted by Gasteiger charge is -2.03. The van der Waals surface area contributed by atoms with Crippen LogP contribution in [0.5, 0.6) is 0 Å². The molecule has 0 N–H and O–H groups in total. The summed E-state index contributed by atoms with van der Waals surface area (Å²) in [7, 11) is 2.04. The van der Waals surface area contributed by atoms with Gasteiger partial charge in [-0.25, -0.2) is 4.98 Å². The van der Waals surface area contributed by atoms with Crippen LogP contribution in [0.25, 0.3) is 33.2 Å². The molecule has 4 aromatic rings. The van der Waals surface area contributed by atoms with Crippen molar-refractivity contribution in [2.24, 2.45) is 7.05 Å². The molecule has 0 bridgehead atoms. The second-order valence-electron chi connectivity index (χ2n) is 5.06. The normalized spacial score (nSPS) is 11.5. The highest BCUT2D eigenvalue weighted by Gasteiger charge is 2.10. The van der Waals surface area contributed by atoms with Gasteiger partial charge >= 0.3 is 0 Å². The molecule has 2 aromatic heterocycles. The first-order chi connectivity index (χ1) is 9.74. The van der Waals surface area contributed by atoms with Crippen LogP contribution in [0.15, 0.2) is 53.1 Å². The van der Waals surface area contributed by atoms with Gasteiger partial charge in [-0.2, -0.15) is 0 Å². The summed E-state index contributed by atoms with van der Waals surface area (Å²) in [5.74, 6) is 1.01. The summed E-state index contributed by atoms with van der Waals surface area (Å²) in [5, 5.41) is 2.31. The third-order valence-electron chi connectivity index (χ3n) is 3.89. The minimum Gasteiger partial charge on any atom is -0.456 e. The van der Waals surface area contributed by atoms with Gasteiger partial charge in [0.15, 0.2) is 0 Å². The Morgan fingerprint density at radius 2 is 1.80 bits per heavy atom. The number of hydrogen-bond donors (Lipinski definition) is 0. The van der Waals surface area contributed by atoms with Gasteiger partial charge in [0, 0.05) is 23.4 Å². The molecule has 0 radical (unpaired) electrons. The molecular weight excluding hydrogens is 248 g/mol. The quantitative estimate of drug-likeness (QED) is 0.512. The molecular formula is C17H14N2O. The van der Waals surface area contributed by atoms with E-state index in [-0.39, 0.29) is 0 Å². The van der Waals surface area contributed by atoms with Gasteiger partial charge < -0.3 is 8.98 Å². The Balaban J connectivity index is 2.02. The Bertz CT molecular complexity index is 931. The van der Waals surface area contributed by atoms with E-state index in [0.717, 1.165) is 39.0 Å². The van der Waals surface area contributed by atoms with E-state index in [1.54, 1.807) is 0 Å². The number of fused-ring (bicyclic) bond motifs is 3. The molecule has 3 nitrogen and oxygen atoms in total. The first-order valence-electron chi connectivity index (χ1n) is 6.64. The number of aryl methyl sites for hydroxylation is 1. The van der Waals surface area contributed by atoms with Gasteiger partial charge in [-0.1, -0.05) is 18.2 Å². The Labute approximate surface area is 116 Å². The van der Waals surface area contributed by atoms with E-state index in [0.29, 0.717) is 0 Å². The molecule has 0 aliphatic rings. The predicted molar refractivity (Wildman–Crippen MR) is 80.7 cm³/mol. The van der Waals surface area contributed by atoms with Crippen molar-refractivity contribution >= 4 is 21.9 Å². The second-order valence-corrected chi connectivity index (χ2v) is 5.06. The van der Waals surface area contributed by atoms with Gasteiger partial charge in [0.2, 0.25) is 0 Å². The van der Waals surface area contributed by atoms with Gasteiger partial charge in [-0.05, 0) is 31.2 Å². The Morgan fingerprint density at radius 1 is 1.00 bits per heavy atom. The molecule has 20 heavy (non-hydrogen) atoms. The molecule has 0 aliphatic carbocycles. The molecule has 0 unspecified atom stereocenters. The molecule has 0 saturated carbocycles. The maximum Gasteiger partial charge on any atom is 0.135 e. The van der Waals surface area contributed by atoms with E-state index >= 15 is 0 Å². The van der Waals surface area contributed by atoms with Crippen LogP contribution in [-0.4, -0.2) is 9.55 Å². The molecule has 0 fully saturated rings. The summed E-state index contributed by atoms with van der Waals surface area (Å²) in [6.45, 7) is 2.01. The molecule has 98 valence electrons. The van der Waals surface area contributed by atoms with Crippen LogP contribution in [0.2, 0.25) is 0 Å². The second kappa shape index (κ2) is 3.97. The van der Waals surface area contributed by atoms with Crippen LogP contribution >= 0.6 is 0 Å². The molecule has 0 aliphatic heterocycles. The number of rotatable bonds is 1. The van der Waals surface area contributed by atoms with Gasteiger partial charge in [-0.3, -0.25) is 0 Å². The van der Waals surface area contributed by atoms with Crippen LogP contribution in [0.3, 0.4) is 0 Å². The van der Waals surface area contributed by atoms with E-state index in [1.807, 2.05) is 44.4 Å². The Kier molecular flexibility index (Phi) is 2.24. The fraction of sp³-hybridized carbons (Fsp3) is 0.118. The maximum absolute atomic E-state index is 5.86. The van der Waals surface area contributed by atoms with E-state index in [9.17, 15) is 0 Å². The molecule has 0 spiro atoms. The van der Waals surface area contributed by atoms with Crippen LogP contribution in [0.1, 0.15) is 5.82 Å². The van der Waals surface area contributed by atoms with Crippen LogP contribution in [0.4, 0.5) is 0 Å². The number of furan rings is 1. The third kappa shape index (κ3) is 1.50. The first-order valence-corrected chi connectivity index (χ1v) is 6.64. The number of imidazole rings is 1. The van der Waals surface area contributed by atoms with Crippen molar-refractivity contribution in [1.82, 2.24) is 9.55 Å². The van der Waals surface area contributed by atoms with Crippen molar-refractivity contribution < 1.29 is 4.42 Å². The Hall–Kier alpha value is -2.55. The summed E-state index contributed by atoms with van der Waals surface area (Å²) in [6, 6.07) is 14.4. The highest BCUT2D eigenvalue weighted by molar-refractivity contribution is 6.06. The molecule has 0 atom stereocenters. The number of para-hydroxylation sites is 1. The topological polar surface area (TPSA) is 31.0 Å². The third-order valence-corrected chi connectivity index (χ3v) is 3.89. The molecule has 2 heterocycles. The average molecular weight is 262 g/mol. The van der Waals surface area contributed by atoms with Crippen molar-refractivity contribution in [2.75, 3.05) is 0 Å². The highest BCUT2D eigenvalue weighted by Crippen LogP contribution is 2.32. The van der Waals surface area contributed by atoms with E-state index < -0.39 is 0 Å². The van der Waals surface area contributed by atoms with Crippen LogP contribution < -0.4 is 0 Å². The van der Waals surface area contributed by atoms with Crippen LogP contribution in [-0.2, 0) is 7.05 Å². The molecule has 4 rings (SSSR count). The zero-order valence-electron chi connectivity index (χ0n) is 11.4. The molecule has 3 heteroatoms. The SMILES string of the molecule is Cc1ncc(-c2ccc3oc4ccccc4c3c2)n1C. The number of nitrogens with zero attached hydrogens (tertiary/aromatic N) is 2. The summed E-state index contributed by atoms with van der Waals surface area (Å²) in [4.78, 5) is 4.36. The fourth-order valence-corrected chi connectivity index (χ4v) is 2.66. The van der Waals surface area contributed by atoms with Crippen molar-refractivity contribution in [1.29, 1.82) is 0 Å². The van der Waals surface area contributed by atoms with E-state index in [1.165, 1.54) is 0 Å². The van der Waals surface area contributed by atoms with Crippen molar-refractivity contribution in [3.05, 3.63) is 54.5 Å². The largest absolute Gasteiger partial charge is 0.456 e. The monoisotopic (exact) mass is 262 g/mol.